The molecule has 0 saturated carbocycles. The van der Waals surface area contributed by atoms with Gasteiger partial charge in [0.05, 0.1) is 5.69 Å². The molecule has 1 aromatic carbocycles. The number of hydrogen-bond donors (Lipinski definition) is 1. The van der Waals surface area contributed by atoms with Gasteiger partial charge in [-0.2, -0.15) is 4.73 Å². The molecular weight excluding hydrogens is 288 g/mol. The third kappa shape index (κ3) is 2.72. The summed E-state index contributed by atoms with van der Waals surface area (Å²) in [5.41, 5.74) is 4.53. The molecule has 2 heterocycles. The molecule has 1 N–H and O–H groups in total. The van der Waals surface area contributed by atoms with E-state index in [1.165, 1.54) is 17.8 Å². The van der Waals surface area contributed by atoms with Gasteiger partial charge in [-0.05, 0) is 29.5 Å². The molecule has 0 unspecified atom stereocenters. The van der Waals surface area contributed by atoms with Crippen molar-refractivity contribution in [2.45, 2.75) is 33.1 Å². The zero-order valence-corrected chi connectivity index (χ0v) is 13.8. The number of pyridine rings is 2. The van der Waals surface area contributed by atoms with E-state index in [-0.39, 0.29) is 16.4 Å². The smallest absolute Gasteiger partial charge is 0.287 e. The van der Waals surface area contributed by atoms with Gasteiger partial charge in [-0.1, -0.05) is 39.0 Å². The average Bonchev–Trinajstić information content (AvgIpc) is 2.45. The molecule has 0 atom stereocenters. The third-order valence-corrected chi connectivity index (χ3v) is 4.12. The maximum atomic E-state index is 12.3. The Morgan fingerprint density at radius 3 is 2.52 bits per heavy atom. The summed E-state index contributed by atoms with van der Waals surface area (Å²) < 4.78 is 0.605. The summed E-state index contributed by atoms with van der Waals surface area (Å²) in [5.74, 6) is 0. The van der Waals surface area contributed by atoms with Crippen LogP contribution in [0.25, 0.3) is 22.3 Å². The molecule has 3 aromatic rings. The Bertz CT molecular complexity index is 950. The Hall–Kier alpha value is -2.62. The second-order valence-corrected chi connectivity index (χ2v) is 6.92. The number of aromatic amines is 1. The van der Waals surface area contributed by atoms with Crippen LogP contribution in [0.15, 0.2) is 47.4 Å². The van der Waals surface area contributed by atoms with Gasteiger partial charge in [-0.25, -0.2) is 0 Å². The fourth-order valence-corrected chi connectivity index (χ4v) is 2.79. The Labute approximate surface area is 135 Å². The van der Waals surface area contributed by atoms with Gasteiger partial charge in [-0.3, -0.25) is 4.79 Å². The van der Waals surface area contributed by atoms with Gasteiger partial charge in [0.1, 0.15) is 5.52 Å². The molecule has 2 aromatic heterocycles. The minimum absolute atomic E-state index is 0.0776. The predicted octanol–water partition coefficient (Wildman–Crippen LogP) is 3.43. The van der Waals surface area contributed by atoms with Crippen LogP contribution in [0.1, 0.15) is 31.9 Å². The first-order chi connectivity index (χ1) is 10.8. The fourth-order valence-electron chi connectivity index (χ4n) is 2.79. The monoisotopic (exact) mass is 308 g/mol. The number of aromatic nitrogens is 2. The zero-order valence-electron chi connectivity index (χ0n) is 13.8. The SMILES string of the molecule is Cc1cc(C(C)(C)C)ccc1-c1cc(=O)c2c(ccc[n+]2[O-])[nH]1. The maximum absolute atomic E-state index is 12.3. The molecule has 23 heavy (non-hydrogen) atoms. The molecule has 118 valence electrons. The van der Waals surface area contributed by atoms with Crippen LogP contribution < -0.4 is 10.2 Å². The van der Waals surface area contributed by atoms with Crippen LogP contribution in [-0.2, 0) is 5.41 Å². The van der Waals surface area contributed by atoms with Crippen LogP contribution >= 0.6 is 0 Å². The molecule has 0 aliphatic heterocycles. The van der Waals surface area contributed by atoms with Gasteiger partial charge in [0.2, 0.25) is 0 Å². The number of aryl methyl sites for hydroxylation is 1. The largest absolute Gasteiger partial charge is 0.618 e. The summed E-state index contributed by atoms with van der Waals surface area (Å²) in [6, 6.07) is 11.1. The molecule has 0 amide bonds. The topological polar surface area (TPSA) is 59.8 Å². The van der Waals surface area contributed by atoms with Crippen molar-refractivity contribution in [2.75, 3.05) is 0 Å². The molecule has 4 nitrogen and oxygen atoms in total. The van der Waals surface area contributed by atoms with Crippen molar-refractivity contribution in [3.05, 3.63) is 69.2 Å². The van der Waals surface area contributed by atoms with E-state index in [2.05, 4.69) is 37.9 Å². The molecule has 3 rings (SSSR count). The quantitative estimate of drug-likeness (QED) is 0.553. The average molecular weight is 308 g/mol. The Balaban J connectivity index is 2.20. The van der Waals surface area contributed by atoms with E-state index in [1.54, 1.807) is 12.1 Å². The molecular formula is C19H20N2O2. The Morgan fingerprint density at radius 2 is 1.87 bits per heavy atom. The molecule has 0 bridgehead atoms. The van der Waals surface area contributed by atoms with Crippen LogP contribution in [0.5, 0.6) is 0 Å². The summed E-state index contributed by atoms with van der Waals surface area (Å²) in [5, 5.41) is 11.8. The summed E-state index contributed by atoms with van der Waals surface area (Å²) in [6.45, 7) is 8.55. The van der Waals surface area contributed by atoms with Crippen molar-refractivity contribution in [3.8, 4) is 11.3 Å². The number of hydrogen-bond acceptors (Lipinski definition) is 2. The van der Waals surface area contributed by atoms with E-state index in [9.17, 15) is 10.0 Å². The van der Waals surface area contributed by atoms with Crippen LogP contribution in [0.2, 0.25) is 0 Å². The molecule has 0 spiro atoms. The predicted molar refractivity (Wildman–Crippen MR) is 92.4 cm³/mol. The lowest BCUT2D eigenvalue weighted by Gasteiger charge is -2.20. The van der Waals surface area contributed by atoms with Crippen molar-refractivity contribution < 1.29 is 4.73 Å². The summed E-state index contributed by atoms with van der Waals surface area (Å²) in [4.78, 5) is 15.5. The number of nitrogens with one attached hydrogen (secondary N) is 1. The van der Waals surface area contributed by atoms with Crippen molar-refractivity contribution in [2.24, 2.45) is 0 Å². The van der Waals surface area contributed by atoms with Gasteiger partial charge < -0.3 is 10.2 Å². The summed E-state index contributed by atoms with van der Waals surface area (Å²) in [7, 11) is 0. The van der Waals surface area contributed by atoms with Crippen molar-refractivity contribution in [1.82, 2.24) is 4.98 Å². The molecule has 0 fully saturated rings. The van der Waals surface area contributed by atoms with Gasteiger partial charge in [-0.15, -0.1) is 0 Å². The number of rotatable bonds is 1. The Morgan fingerprint density at radius 1 is 1.13 bits per heavy atom. The first-order valence-corrected chi connectivity index (χ1v) is 7.64. The lowest BCUT2D eigenvalue weighted by molar-refractivity contribution is -0.577. The molecule has 0 radical (unpaired) electrons. The first-order valence-electron chi connectivity index (χ1n) is 7.64. The van der Waals surface area contributed by atoms with E-state index >= 15 is 0 Å². The minimum atomic E-state index is -0.274. The number of fused-ring (bicyclic) bond motifs is 1. The van der Waals surface area contributed by atoms with Crippen LogP contribution in [0.3, 0.4) is 0 Å². The lowest BCUT2D eigenvalue weighted by Crippen LogP contribution is -2.31. The van der Waals surface area contributed by atoms with E-state index < -0.39 is 0 Å². The van der Waals surface area contributed by atoms with E-state index in [0.29, 0.717) is 10.2 Å². The highest BCUT2D eigenvalue weighted by Crippen LogP contribution is 2.28. The minimum Gasteiger partial charge on any atom is -0.618 e. The zero-order chi connectivity index (χ0) is 16.8. The van der Waals surface area contributed by atoms with Gasteiger partial charge in [0, 0.05) is 17.7 Å². The molecule has 0 saturated heterocycles. The second kappa shape index (κ2) is 5.23. The van der Waals surface area contributed by atoms with Crippen molar-refractivity contribution >= 4 is 11.0 Å². The van der Waals surface area contributed by atoms with Crippen molar-refractivity contribution in [1.29, 1.82) is 0 Å². The second-order valence-electron chi connectivity index (χ2n) is 6.92. The van der Waals surface area contributed by atoms with Gasteiger partial charge in [0.25, 0.3) is 10.9 Å². The lowest BCUT2D eigenvalue weighted by atomic mass is 9.85. The van der Waals surface area contributed by atoms with Crippen LogP contribution in [0, 0.1) is 12.1 Å². The number of benzene rings is 1. The third-order valence-electron chi connectivity index (χ3n) is 4.12. The number of nitrogens with zero attached hydrogens (tertiary/aromatic N) is 1. The van der Waals surface area contributed by atoms with E-state index in [1.807, 2.05) is 13.0 Å². The van der Waals surface area contributed by atoms with Crippen LogP contribution in [-0.4, -0.2) is 4.98 Å². The molecule has 0 aliphatic carbocycles. The first kappa shape index (κ1) is 15.3. The number of H-pyrrole nitrogens is 1. The van der Waals surface area contributed by atoms with Gasteiger partial charge >= 0.3 is 0 Å². The molecule has 4 heteroatoms. The van der Waals surface area contributed by atoms with Gasteiger partial charge in [0.15, 0.2) is 6.20 Å². The normalized spacial score (nSPS) is 11.8. The van der Waals surface area contributed by atoms with Crippen molar-refractivity contribution in [3.63, 3.8) is 0 Å². The molecule has 0 aliphatic rings. The van der Waals surface area contributed by atoms with E-state index in [4.69, 9.17) is 0 Å². The highest BCUT2D eigenvalue weighted by atomic mass is 16.5. The standard InChI is InChI=1S/C19H20N2O2/c1-12-10-13(19(2,3)4)7-8-14(12)16-11-17(22)18-15(20-16)6-5-9-21(18)23/h5-11H,1-4H3,(H,20,22). The van der Waals surface area contributed by atoms with E-state index in [0.717, 1.165) is 16.8 Å². The highest BCUT2D eigenvalue weighted by Gasteiger charge is 2.16. The highest BCUT2D eigenvalue weighted by molar-refractivity contribution is 5.76. The fraction of sp³-hybridized carbons (Fsp3) is 0.263. The summed E-state index contributed by atoms with van der Waals surface area (Å²) in [6.07, 6.45) is 1.33. The maximum Gasteiger partial charge on any atom is 0.287 e. The van der Waals surface area contributed by atoms with Crippen LogP contribution in [0.4, 0.5) is 0 Å². The Kier molecular flexibility index (Phi) is 3.48. The summed E-state index contributed by atoms with van der Waals surface area (Å²) >= 11 is 0.